The number of aliphatic imine (C=N–C) groups is 2. The summed E-state index contributed by atoms with van der Waals surface area (Å²) in [4.78, 5) is 22.0. The molecule has 1 aromatic carbocycles. The predicted octanol–water partition coefficient (Wildman–Crippen LogP) is 3.43. The summed E-state index contributed by atoms with van der Waals surface area (Å²) in [6.07, 6.45) is -3.44. The minimum Gasteiger partial charge on any atom is -0.298 e. The summed E-state index contributed by atoms with van der Waals surface area (Å²) >= 11 is 0. The van der Waals surface area contributed by atoms with Gasteiger partial charge >= 0.3 is 6.18 Å². The molecule has 0 fully saturated rings. The molecule has 0 spiro atoms. The van der Waals surface area contributed by atoms with Crippen LogP contribution in [0, 0.1) is 11.7 Å². The average molecular weight is 396 g/mol. The van der Waals surface area contributed by atoms with Crippen molar-refractivity contribution in [2.75, 3.05) is 6.54 Å². The third-order valence-corrected chi connectivity index (χ3v) is 4.25. The number of carbonyl (C=O) groups excluding carboxylic acids is 1. The van der Waals surface area contributed by atoms with Crippen LogP contribution >= 0.6 is 0 Å². The molecule has 2 aliphatic heterocycles. The van der Waals surface area contributed by atoms with Gasteiger partial charge in [-0.1, -0.05) is 32.1 Å². The van der Waals surface area contributed by atoms with Gasteiger partial charge in [-0.25, -0.2) is 14.4 Å². The Morgan fingerprint density at radius 3 is 2.57 bits per heavy atom. The number of alkyl halides is 3. The van der Waals surface area contributed by atoms with E-state index in [1.54, 1.807) is 0 Å². The van der Waals surface area contributed by atoms with Gasteiger partial charge in [-0.2, -0.15) is 13.2 Å². The fourth-order valence-electron chi connectivity index (χ4n) is 3.03. The van der Waals surface area contributed by atoms with Crippen molar-refractivity contribution in [3.05, 3.63) is 47.4 Å². The monoisotopic (exact) mass is 396 g/mol. The van der Waals surface area contributed by atoms with Crippen molar-refractivity contribution >= 4 is 17.7 Å². The molecule has 1 amide bonds. The number of amidine groups is 1. The number of hydrogen-bond acceptors (Lipinski definition) is 4. The maximum atomic E-state index is 13.0. The number of guanidine groups is 1. The quantitative estimate of drug-likeness (QED) is 0.793. The molecule has 0 saturated carbocycles. The first-order valence-electron chi connectivity index (χ1n) is 8.89. The zero-order valence-electron chi connectivity index (χ0n) is 15.4. The summed E-state index contributed by atoms with van der Waals surface area (Å²) in [5, 5.41) is 2.67. The summed E-state index contributed by atoms with van der Waals surface area (Å²) < 4.78 is 52.1. The van der Waals surface area contributed by atoms with Crippen LogP contribution in [-0.2, 0) is 11.2 Å². The number of benzene rings is 1. The molecule has 1 atom stereocenters. The molecule has 1 unspecified atom stereocenters. The molecular formula is C19H20F4N4O. The van der Waals surface area contributed by atoms with E-state index in [4.69, 9.17) is 0 Å². The van der Waals surface area contributed by atoms with E-state index in [2.05, 4.69) is 15.3 Å². The summed E-state index contributed by atoms with van der Waals surface area (Å²) in [7, 11) is 0. The normalized spacial score (nSPS) is 19.2. The maximum Gasteiger partial charge on any atom is 0.433 e. The Balaban J connectivity index is 1.77. The van der Waals surface area contributed by atoms with Crippen LogP contribution in [-0.4, -0.2) is 41.4 Å². The molecule has 0 radical (unpaired) electrons. The van der Waals surface area contributed by atoms with Crippen molar-refractivity contribution in [3.8, 4) is 0 Å². The molecule has 0 bridgehead atoms. The number of nitrogens with one attached hydrogen (secondary N) is 1. The fraction of sp³-hybridized carbons (Fsp3) is 0.421. The Hall–Kier alpha value is -2.71. The number of nitrogens with zero attached hydrogens (tertiary/aromatic N) is 3. The van der Waals surface area contributed by atoms with Crippen LogP contribution in [0.3, 0.4) is 0 Å². The zero-order chi connectivity index (χ0) is 20.5. The molecule has 0 aliphatic carbocycles. The highest BCUT2D eigenvalue weighted by molar-refractivity contribution is 6.12. The Kier molecular flexibility index (Phi) is 5.53. The van der Waals surface area contributed by atoms with Gasteiger partial charge in [0.2, 0.25) is 11.9 Å². The highest BCUT2D eigenvalue weighted by Gasteiger charge is 2.41. The number of allylic oxidation sites excluding steroid dienone is 1. The number of halogens is 4. The van der Waals surface area contributed by atoms with E-state index in [9.17, 15) is 22.4 Å². The Morgan fingerprint density at radius 2 is 1.96 bits per heavy atom. The largest absolute Gasteiger partial charge is 0.433 e. The van der Waals surface area contributed by atoms with Gasteiger partial charge in [0.15, 0.2) is 0 Å². The van der Waals surface area contributed by atoms with E-state index in [1.165, 1.54) is 29.2 Å². The Labute approximate surface area is 159 Å². The average Bonchev–Trinajstić information content (AvgIpc) is 2.92. The molecule has 2 heterocycles. The number of fused-ring (bicyclic) bond motifs is 1. The first-order chi connectivity index (χ1) is 13.1. The summed E-state index contributed by atoms with van der Waals surface area (Å²) in [5.41, 5.74) is -0.328. The third kappa shape index (κ3) is 4.58. The number of hydrogen-bond donors (Lipinski definition) is 1. The fourth-order valence-corrected chi connectivity index (χ4v) is 3.03. The summed E-state index contributed by atoms with van der Waals surface area (Å²) in [5.74, 6) is -0.284. The van der Waals surface area contributed by atoms with Gasteiger partial charge in [-0.15, -0.1) is 0 Å². The minimum atomic E-state index is -4.53. The lowest BCUT2D eigenvalue weighted by Gasteiger charge is -2.26. The zero-order valence-corrected chi connectivity index (χ0v) is 15.4. The van der Waals surface area contributed by atoms with Gasteiger partial charge in [0.05, 0.1) is 6.42 Å². The molecule has 150 valence electrons. The van der Waals surface area contributed by atoms with Crippen molar-refractivity contribution < 1.29 is 22.4 Å². The van der Waals surface area contributed by atoms with Gasteiger partial charge in [-0.3, -0.25) is 15.0 Å². The van der Waals surface area contributed by atoms with Gasteiger partial charge in [0, 0.05) is 6.54 Å². The van der Waals surface area contributed by atoms with Crippen LogP contribution in [0.25, 0.3) is 0 Å². The lowest BCUT2D eigenvalue weighted by atomic mass is 10.1. The molecule has 3 rings (SSSR count). The molecule has 0 aromatic heterocycles. The maximum absolute atomic E-state index is 13.0. The van der Waals surface area contributed by atoms with E-state index in [-0.39, 0.29) is 36.5 Å². The van der Waals surface area contributed by atoms with Crippen LogP contribution in [0.4, 0.5) is 17.6 Å². The number of rotatable bonds is 4. The van der Waals surface area contributed by atoms with Crippen molar-refractivity contribution in [3.63, 3.8) is 0 Å². The number of carbonyl (C=O) groups is 1. The van der Waals surface area contributed by atoms with E-state index >= 15 is 0 Å². The van der Waals surface area contributed by atoms with Gasteiger partial charge in [0.25, 0.3) is 0 Å². The second-order valence-corrected chi connectivity index (χ2v) is 7.12. The minimum absolute atomic E-state index is 0.00197. The molecule has 9 heteroatoms. The lowest BCUT2D eigenvalue weighted by Crippen LogP contribution is -2.47. The second kappa shape index (κ2) is 7.73. The van der Waals surface area contributed by atoms with Crippen LogP contribution in [0.5, 0.6) is 0 Å². The van der Waals surface area contributed by atoms with E-state index < -0.39 is 23.7 Å². The molecule has 28 heavy (non-hydrogen) atoms. The smallest absolute Gasteiger partial charge is 0.298 e. The first kappa shape index (κ1) is 20.0. The highest BCUT2D eigenvalue weighted by Crippen LogP contribution is 2.32. The molecule has 1 N–H and O–H groups in total. The van der Waals surface area contributed by atoms with Crippen LogP contribution in [0.2, 0.25) is 0 Å². The van der Waals surface area contributed by atoms with Gasteiger partial charge in [0.1, 0.15) is 23.4 Å². The van der Waals surface area contributed by atoms with Crippen LogP contribution < -0.4 is 5.32 Å². The Bertz CT molecular complexity index is 840. The van der Waals surface area contributed by atoms with Crippen molar-refractivity contribution in [2.45, 2.75) is 38.9 Å². The molecular weight excluding hydrogens is 376 g/mol. The molecule has 2 aliphatic rings. The van der Waals surface area contributed by atoms with Crippen LogP contribution in [0.1, 0.15) is 25.8 Å². The van der Waals surface area contributed by atoms with E-state index in [0.717, 1.165) is 6.08 Å². The SMILES string of the molecule is CC(C)CN1C(NC(=O)Cc2ccc(F)cc2)=NC2CC=C(C(F)(F)F)N=C21. The molecule has 0 saturated heterocycles. The van der Waals surface area contributed by atoms with E-state index in [1.807, 2.05) is 13.8 Å². The first-order valence-corrected chi connectivity index (χ1v) is 8.89. The predicted molar refractivity (Wildman–Crippen MR) is 97.2 cm³/mol. The standard InChI is InChI=1S/C19H20F4N4O/c1-11(2)10-27-17-14(7-8-15(25-17)19(21,22)23)24-18(27)26-16(28)9-12-3-5-13(20)6-4-12/h3-6,8,11,14H,7,9-10H2,1-2H3,(H,24,26,28). The van der Waals surface area contributed by atoms with Gasteiger partial charge in [-0.05, 0) is 30.0 Å². The topological polar surface area (TPSA) is 57.1 Å². The van der Waals surface area contributed by atoms with Crippen LogP contribution in [0.15, 0.2) is 46.0 Å². The van der Waals surface area contributed by atoms with Crippen molar-refractivity contribution in [2.24, 2.45) is 15.9 Å². The van der Waals surface area contributed by atoms with Gasteiger partial charge < -0.3 is 0 Å². The summed E-state index contributed by atoms with van der Waals surface area (Å²) in [6.45, 7) is 4.19. The highest BCUT2D eigenvalue weighted by atomic mass is 19.4. The summed E-state index contributed by atoms with van der Waals surface area (Å²) in [6, 6.07) is 4.97. The van der Waals surface area contributed by atoms with Crippen molar-refractivity contribution in [1.29, 1.82) is 0 Å². The van der Waals surface area contributed by atoms with E-state index in [0.29, 0.717) is 12.1 Å². The molecule has 5 nitrogen and oxygen atoms in total. The third-order valence-electron chi connectivity index (χ3n) is 4.25. The Morgan fingerprint density at radius 1 is 1.29 bits per heavy atom. The number of amides is 1. The lowest BCUT2D eigenvalue weighted by molar-refractivity contribution is -0.119. The van der Waals surface area contributed by atoms with Crippen molar-refractivity contribution in [1.82, 2.24) is 10.2 Å². The second-order valence-electron chi connectivity index (χ2n) is 7.12. The molecule has 1 aromatic rings.